The molecule has 2 heterocycles. The standard InChI is InChI=1S/C11H12N2S/c12-9-3-1-2-7-8-6-14-5-4-10(8)13-11(7)9/h1-3,13H,4-6,12H2. The van der Waals surface area contributed by atoms with E-state index in [-0.39, 0.29) is 0 Å². The second kappa shape index (κ2) is 2.95. The number of para-hydroxylation sites is 1. The molecule has 3 N–H and O–H groups in total. The van der Waals surface area contributed by atoms with Gasteiger partial charge in [-0.15, -0.1) is 0 Å². The van der Waals surface area contributed by atoms with E-state index in [1.807, 2.05) is 23.9 Å². The van der Waals surface area contributed by atoms with Crippen LogP contribution in [0.1, 0.15) is 11.3 Å². The van der Waals surface area contributed by atoms with Crippen LogP contribution in [0.5, 0.6) is 0 Å². The Bertz CT molecular complexity index is 487. The molecule has 0 saturated heterocycles. The number of benzene rings is 1. The summed E-state index contributed by atoms with van der Waals surface area (Å²) in [5.41, 5.74) is 10.8. The summed E-state index contributed by atoms with van der Waals surface area (Å²) in [5.74, 6) is 2.35. The van der Waals surface area contributed by atoms with Crippen molar-refractivity contribution in [3.8, 4) is 0 Å². The van der Waals surface area contributed by atoms with Gasteiger partial charge < -0.3 is 10.7 Å². The first-order chi connectivity index (χ1) is 6.86. The molecule has 14 heavy (non-hydrogen) atoms. The molecule has 2 aromatic rings. The number of hydrogen-bond donors (Lipinski definition) is 2. The van der Waals surface area contributed by atoms with Gasteiger partial charge >= 0.3 is 0 Å². The summed E-state index contributed by atoms with van der Waals surface area (Å²) in [6.45, 7) is 0. The minimum atomic E-state index is 0.863. The molecule has 0 saturated carbocycles. The molecule has 3 rings (SSSR count). The Morgan fingerprint density at radius 1 is 1.36 bits per heavy atom. The Labute approximate surface area is 86.9 Å². The Kier molecular flexibility index (Phi) is 1.74. The fourth-order valence-corrected chi connectivity index (χ4v) is 3.10. The maximum atomic E-state index is 5.93. The van der Waals surface area contributed by atoms with Gasteiger partial charge in [-0.05, 0) is 23.8 Å². The lowest BCUT2D eigenvalue weighted by Gasteiger charge is -2.09. The van der Waals surface area contributed by atoms with E-state index < -0.39 is 0 Å². The summed E-state index contributed by atoms with van der Waals surface area (Å²) in [7, 11) is 0. The first-order valence-electron chi connectivity index (χ1n) is 4.82. The lowest BCUT2D eigenvalue weighted by Crippen LogP contribution is -1.99. The number of nitrogen functional groups attached to an aromatic ring is 1. The number of nitrogens with two attached hydrogens (primary N) is 1. The molecular weight excluding hydrogens is 192 g/mol. The van der Waals surface area contributed by atoms with E-state index in [1.165, 1.54) is 22.4 Å². The highest BCUT2D eigenvalue weighted by Crippen LogP contribution is 2.33. The fraction of sp³-hybridized carbons (Fsp3) is 0.273. The molecule has 1 aliphatic rings. The number of rotatable bonds is 0. The zero-order chi connectivity index (χ0) is 9.54. The van der Waals surface area contributed by atoms with Gasteiger partial charge in [-0.3, -0.25) is 0 Å². The van der Waals surface area contributed by atoms with Crippen LogP contribution in [-0.4, -0.2) is 10.7 Å². The molecule has 0 unspecified atom stereocenters. The topological polar surface area (TPSA) is 41.8 Å². The van der Waals surface area contributed by atoms with Crippen molar-refractivity contribution in [2.24, 2.45) is 0 Å². The Hall–Kier alpha value is -1.09. The first kappa shape index (κ1) is 8.24. The van der Waals surface area contributed by atoms with Crippen molar-refractivity contribution in [3.63, 3.8) is 0 Å². The predicted octanol–water partition coefficient (Wildman–Crippen LogP) is 2.54. The first-order valence-corrected chi connectivity index (χ1v) is 5.97. The quantitative estimate of drug-likeness (QED) is 0.647. The van der Waals surface area contributed by atoms with Crippen molar-refractivity contribution in [2.45, 2.75) is 12.2 Å². The highest BCUT2D eigenvalue weighted by molar-refractivity contribution is 7.98. The van der Waals surface area contributed by atoms with E-state index in [9.17, 15) is 0 Å². The van der Waals surface area contributed by atoms with Crippen molar-refractivity contribution < 1.29 is 0 Å². The molecule has 0 fully saturated rings. The third-order valence-corrected chi connectivity index (χ3v) is 3.79. The third kappa shape index (κ3) is 1.05. The van der Waals surface area contributed by atoms with E-state index in [4.69, 9.17) is 5.73 Å². The van der Waals surface area contributed by atoms with Gasteiger partial charge in [0.15, 0.2) is 0 Å². The van der Waals surface area contributed by atoms with E-state index in [0.717, 1.165) is 23.4 Å². The molecule has 0 spiro atoms. The summed E-state index contributed by atoms with van der Waals surface area (Å²) in [6, 6.07) is 6.15. The number of thioether (sulfide) groups is 1. The van der Waals surface area contributed by atoms with E-state index >= 15 is 0 Å². The average molecular weight is 204 g/mol. The lowest BCUT2D eigenvalue weighted by molar-refractivity contribution is 1.04. The Morgan fingerprint density at radius 3 is 3.21 bits per heavy atom. The molecule has 2 nitrogen and oxygen atoms in total. The molecule has 1 aliphatic heterocycles. The minimum absolute atomic E-state index is 0.863. The predicted molar refractivity (Wildman–Crippen MR) is 62.6 cm³/mol. The lowest BCUT2D eigenvalue weighted by atomic mass is 10.1. The fourth-order valence-electron chi connectivity index (χ4n) is 2.08. The maximum absolute atomic E-state index is 5.93. The maximum Gasteiger partial charge on any atom is 0.0692 e. The summed E-state index contributed by atoms with van der Waals surface area (Å²) < 4.78 is 0. The summed E-state index contributed by atoms with van der Waals surface area (Å²) in [6.07, 6.45) is 1.15. The number of nitrogens with one attached hydrogen (secondary N) is 1. The smallest absolute Gasteiger partial charge is 0.0692 e. The number of anilines is 1. The van der Waals surface area contributed by atoms with Gasteiger partial charge in [-0.25, -0.2) is 0 Å². The summed E-state index contributed by atoms with van der Waals surface area (Å²) in [5, 5.41) is 1.31. The Balaban J connectivity index is 2.36. The number of hydrogen-bond acceptors (Lipinski definition) is 2. The SMILES string of the molecule is Nc1cccc2c3c([nH]c12)CCSC3. The van der Waals surface area contributed by atoms with Crippen LogP contribution in [-0.2, 0) is 12.2 Å². The molecule has 0 bridgehead atoms. The van der Waals surface area contributed by atoms with Crippen LogP contribution in [0, 0.1) is 0 Å². The van der Waals surface area contributed by atoms with Crippen LogP contribution < -0.4 is 5.73 Å². The van der Waals surface area contributed by atoms with E-state index in [1.54, 1.807) is 0 Å². The number of aromatic nitrogens is 1. The second-order valence-corrected chi connectivity index (χ2v) is 4.76. The third-order valence-electron chi connectivity index (χ3n) is 2.80. The highest BCUT2D eigenvalue weighted by atomic mass is 32.2. The van der Waals surface area contributed by atoms with Gasteiger partial charge in [0.25, 0.3) is 0 Å². The largest absolute Gasteiger partial charge is 0.397 e. The number of aromatic amines is 1. The molecule has 72 valence electrons. The zero-order valence-electron chi connectivity index (χ0n) is 7.84. The van der Waals surface area contributed by atoms with Crippen LogP contribution in [0.25, 0.3) is 10.9 Å². The number of aryl methyl sites for hydroxylation is 1. The van der Waals surface area contributed by atoms with Crippen molar-refractivity contribution in [3.05, 3.63) is 29.5 Å². The highest BCUT2D eigenvalue weighted by Gasteiger charge is 2.15. The summed E-state index contributed by atoms with van der Waals surface area (Å²) in [4.78, 5) is 3.45. The number of H-pyrrole nitrogens is 1. The van der Waals surface area contributed by atoms with Crippen molar-refractivity contribution >= 4 is 28.4 Å². The molecule has 0 aliphatic carbocycles. The number of fused-ring (bicyclic) bond motifs is 3. The molecule has 0 atom stereocenters. The van der Waals surface area contributed by atoms with Gasteiger partial charge in [-0.2, -0.15) is 11.8 Å². The van der Waals surface area contributed by atoms with Crippen LogP contribution in [0.15, 0.2) is 18.2 Å². The van der Waals surface area contributed by atoms with Crippen LogP contribution in [0.4, 0.5) is 5.69 Å². The molecule has 0 radical (unpaired) electrons. The molecular formula is C11H12N2S. The van der Waals surface area contributed by atoms with E-state index in [2.05, 4.69) is 11.1 Å². The summed E-state index contributed by atoms with van der Waals surface area (Å²) >= 11 is 2.00. The van der Waals surface area contributed by atoms with Crippen LogP contribution in [0.3, 0.4) is 0 Å². The Morgan fingerprint density at radius 2 is 2.29 bits per heavy atom. The van der Waals surface area contributed by atoms with Crippen LogP contribution >= 0.6 is 11.8 Å². The van der Waals surface area contributed by atoms with Gasteiger partial charge in [-0.1, -0.05) is 12.1 Å². The van der Waals surface area contributed by atoms with Crippen molar-refractivity contribution in [2.75, 3.05) is 11.5 Å². The normalized spacial score (nSPS) is 15.7. The van der Waals surface area contributed by atoms with Gasteiger partial charge in [0.2, 0.25) is 0 Å². The molecule has 0 amide bonds. The zero-order valence-corrected chi connectivity index (χ0v) is 8.66. The van der Waals surface area contributed by atoms with Gasteiger partial charge in [0.05, 0.1) is 11.2 Å². The van der Waals surface area contributed by atoms with Gasteiger partial charge in [0.1, 0.15) is 0 Å². The molecule has 3 heteroatoms. The second-order valence-electron chi connectivity index (χ2n) is 3.65. The van der Waals surface area contributed by atoms with E-state index in [0.29, 0.717) is 0 Å². The van der Waals surface area contributed by atoms with Crippen LogP contribution in [0.2, 0.25) is 0 Å². The molecule has 1 aromatic carbocycles. The van der Waals surface area contributed by atoms with Gasteiger partial charge in [0, 0.05) is 16.8 Å². The minimum Gasteiger partial charge on any atom is -0.397 e. The monoisotopic (exact) mass is 204 g/mol. The average Bonchev–Trinajstić information content (AvgIpc) is 2.59. The van der Waals surface area contributed by atoms with Crippen molar-refractivity contribution in [1.82, 2.24) is 4.98 Å². The van der Waals surface area contributed by atoms with Crippen molar-refractivity contribution in [1.29, 1.82) is 0 Å². The molecule has 1 aromatic heterocycles.